The van der Waals surface area contributed by atoms with Gasteiger partial charge in [0.05, 0.1) is 6.54 Å². The molecule has 20 heavy (non-hydrogen) atoms. The number of furan rings is 1. The number of hydrogen-bond acceptors (Lipinski definition) is 4. The van der Waals surface area contributed by atoms with Crippen molar-refractivity contribution in [1.82, 2.24) is 10.6 Å². The monoisotopic (exact) mass is 344 g/mol. The molecule has 7 heteroatoms. The highest BCUT2D eigenvalue weighted by Crippen LogP contribution is 2.47. The summed E-state index contributed by atoms with van der Waals surface area (Å²) in [5.74, 6) is -0.515. The van der Waals surface area contributed by atoms with Crippen molar-refractivity contribution in [3.05, 3.63) is 22.6 Å². The first-order chi connectivity index (χ1) is 9.54. The molecule has 110 valence electrons. The molecule has 3 N–H and O–H groups in total. The number of rotatable bonds is 7. The van der Waals surface area contributed by atoms with Gasteiger partial charge in [-0.25, -0.2) is 0 Å². The number of aliphatic hydroxyl groups is 1. The Kier molecular flexibility index (Phi) is 4.82. The summed E-state index contributed by atoms with van der Waals surface area (Å²) in [6, 6.07) is 3.14. The number of amides is 2. The smallest absolute Gasteiger partial charge is 0.287 e. The van der Waals surface area contributed by atoms with E-state index in [0.717, 1.165) is 12.8 Å². The molecule has 0 aliphatic heterocycles. The van der Waals surface area contributed by atoms with Crippen molar-refractivity contribution < 1.29 is 19.1 Å². The van der Waals surface area contributed by atoms with Crippen LogP contribution in [0.15, 0.2) is 21.2 Å². The van der Waals surface area contributed by atoms with E-state index in [1.54, 1.807) is 6.07 Å². The summed E-state index contributed by atoms with van der Waals surface area (Å²) in [6.07, 6.45) is 2.77. The van der Waals surface area contributed by atoms with Gasteiger partial charge in [0.2, 0.25) is 5.91 Å². The number of aliphatic hydroxyl groups excluding tert-OH is 1. The summed E-state index contributed by atoms with van der Waals surface area (Å²) >= 11 is 3.10. The standard InChI is InChI=1S/C13H17BrN2O4/c14-10-2-1-9(20-10)12(19)15-7-11(18)16-8-13(3-4-13)5-6-17/h1-2,17H,3-8H2,(H,15,19)(H,16,18). The van der Waals surface area contributed by atoms with Gasteiger partial charge in [0.15, 0.2) is 10.4 Å². The SMILES string of the molecule is O=C(CNC(=O)c1ccc(Br)o1)NCC1(CCO)CC1. The predicted octanol–water partition coefficient (Wildman–Crippen LogP) is 1.05. The molecule has 0 spiro atoms. The molecule has 0 unspecified atom stereocenters. The molecule has 2 amide bonds. The van der Waals surface area contributed by atoms with Crippen LogP contribution in [0.25, 0.3) is 0 Å². The molecule has 1 heterocycles. The molecule has 0 atom stereocenters. The number of carbonyl (C=O) groups excluding carboxylic acids is 2. The van der Waals surface area contributed by atoms with Gasteiger partial charge < -0.3 is 20.2 Å². The fourth-order valence-electron chi connectivity index (χ4n) is 1.96. The van der Waals surface area contributed by atoms with Crippen molar-refractivity contribution in [3.63, 3.8) is 0 Å². The van der Waals surface area contributed by atoms with Crippen molar-refractivity contribution >= 4 is 27.7 Å². The summed E-state index contributed by atoms with van der Waals surface area (Å²) in [6.45, 7) is 0.598. The lowest BCUT2D eigenvalue weighted by Crippen LogP contribution is -2.39. The van der Waals surface area contributed by atoms with Crippen LogP contribution in [0.4, 0.5) is 0 Å². The second-order valence-electron chi connectivity index (χ2n) is 5.04. The molecule has 0 saturated heterocycles. The first-order valence-electron chi connectivity index (χ1n) is 6.46. The molecule has 1 aromatic heterocycles. The van der Waals surface area contributed by atoms with Gasteiger partial charge in [-0.3, -0.25) is 9.59 Å². The number of halogens is 1. The van der Waals surface area contributed by atoms with Crippen molar-refractivity contribution in [2.24, 2.45) is 5.41 Å². The van der Waals surface area contributed by atoms with Crippen molar-refractivity contribution in [3.8, 4) is 0 Å². The molecular weight excluding hydrogens is 328 g/mol. The topological polar surface area (TPSA) is 91.6 Å². The van der Waals surface area contributed by atoms with Crippen LogP contribution in [-0.2, 0) is 4.79 Å². The fourth-order valence-corrected chi connectivity index (χ4v) is 2.27. The Morgan fingerprint density at radius 3 is 2.65 bits per heavy atom. The van der Waals surface area contributed by atoms with Crippen LogP contribution < -0.4 is 10.6 Å². The maximum Gasteiger partial charge on any atom is 0.287 e. The maximum absolute atomic E-state index is 11.6. The van der Waals surface area contributed by atoms with Crippen molar-refractivity contribution in [2.75, 3.05) is 19.7 Å². The van der Waals surface area contributed by atoms with Crippen LogP contribution in [0.1, 0.15) is 29.8 Å². The zero-order valence-electron chi connectivity index (χ0n) is 10.9. The van der Waals surface area contributed by atoms with E-state index in [4.69, 9.17) is 9.52 Å². The first kappa shape index (κ1) is 15.1. The molecule has 0 bridgehead atoms. The Morgan fingerprint density at radius 1 is 1.35 bits per heavy atom. The fraction of sp³-hybridized carbons (Fsp3) is 0.538. The molecule has 0 radical (unpaired) electrons. The molecule has 0 aromatic carbocycles. The molecule has 1 fully saturated rings. The molecular formula is C13H17BrN2O4. The third kappa shape index (κ3) is 4.08. The second-order valence-corrected chi connectivity index (χ2v) is 5.82. The summed E-state index contributed by atoms with van der Waals surface area (Å²) < 4.78 is 5.54. The van der Waals surface area contributed by atoms with Crippen molar-refractivity contribution in [1.29, 1.82) is 0 Å². The molecule has 1 saturated carbocycles. The number of hydrogen-bond donors (Lipinski definition) is 3. The Balaban J connectivity index is 1.69. The van der Waals surface area contributed by atoms with Crippen LogP contribution in [0.3, 0.4) is 0 Å². The third-order valence-corrected chi connectivity index (χ3v) is 3.89. The van der Waals surface area contributed by atoms with Gasteiger partial charge in [-0.1, -0.05) is 0 Å². The van der Waals surface area contributed by atoms with E-state index in [1.165, 1.54) is 6.07 Å². The summed E-state index contributed by atoms with van der Waals surface area (Å²) in [5.41, 5.74) is 0.0697. The summed E-state index contributed by atoms with van der Waals surface area (Å²) in [7, 11) is 0. The zero-order chi connectivity index (χ0) is 14.6. The first-order valence-corrected chi connectivity index (χ1v) is 7.25. The van der Waals surface area contributed by atoms with Crippen LogP contribution >= 0.6 is 15.9 Å². The van der Waals surface area contributed by atoms with Crippen LogP contribution in [-0.4, -0.2) is 36.6 Å². The average molecular weight is 345 g/mol. The Labute approximate surface area is 125 Å². The van der Waals surface area contributed by atoms with Gasteiger partial charge in [0.1, 0.15) is 0 Å². The van der Waals surface area contributed by atoms with E-state index in [0.29, 0.717) is 17.6 Å². The van der Waals surface area contributed by atoms with E-state index >= 15 is 0 Å². The Morgan fingerprint density at radius 2 is 2.10 bits per heavy atom. The highest BCUT2D eigenvalue weighted by atomic mass is 79.9. The minimum atomic E-state index is -0.428. The van der Waals surface area contributed by atoms with E-state index < -0.39 is 5.91 Å². The van der Waals surface area contributed by atoms with Crippen molar-refractivity contribution in [2.45, 2.75) is 19.3 Å². The second kappa shape index (κ2) is 6.41. The summed E-state index contributed by atoms with van der Waals surface area (Å²) in [4.78, 5) is 23.3. The van der Waals surface area contributed by atoms with E-state index in [2.05, 4.69) is 26.6 Å². The molecule has 1 aliphatic rings. The Bertz CT molecular complexity index is 496. The van der Waals surface area contributed by atoms with E-state index in [9.17, 15) is 9.59 Å². The van der Waals surface area contributed by atoms with Gasteiger partial charge >= 0.3 is 0 Å². The molecule has 6 nitrogen and oxygen atoms in total. The van der Waals surface area contributed by atoms with E-state index in [-0.39, 0.29) is 30.2 Å². The summed E-state index contributed by atoms with van der Waals surface area (Å²) in [5, 5.41) is 14.2. The number of nitrogens with one attached hydrogen (secondary N) is 2. The molecule has 1 aromatic rings. The lowest BCUT2D eigenvalue weighted by molar-refractivity contribution is -0.120. The molecule has 1 aliphatic carbocycles. The van der Waals surface area contributed by atoms with Crippen LogP contribution in [0, 0.1) is 5.41 Å². The molecule has 2 rings (SSSR count). The van der Waals surface area contributed by atoms with Crippen LogP contribution in [0.5, 0.6) is 0 Å². The van der Waals surface area contributed by atoms with Crippen LogP contribution in [0.2, 0.25) is 0 Å². The average Bonchev–Trinajstić information content (AvgIpc) is 3.05. The quantitative estimate of drug-likeness (QED) is 0.689. The van der Waals surface area contributed by atoms with Gasteiger partial charge in [-0.05, 0) is 52.7 Å². The minimum Gasteiger partial charge on any atom is -0.444 e. The minimum absolute atomic E-state index is 0.0697. The largest absolute Gasteiger partial charge is 0.444 e. The lowest BCUT2D eigenvalue weighted by atomic mass is 10.0. The predicted molar refractivity (Wildman–Crippen MR) is 75.1 cm³/mol. The third-order valence-electron chi connectivity index (χ3n) is 3.47. The maximum atomic E-state index is 11.6. The highest BCUT2D eigenvalue weighted by Gasteiger charge is 2.41. The van der Waals surface area contributed by atoms with Gasteiger partial charge in [0.25, 0.3) is 5.91 Å². The Hall–Kier alpha value is -1.34. The van der Waals surface area contributed by atoms with Gasteiger partial charge in [-0.2, -0.15) is 0 Å². The highest BCUT2D eigenvalue weighted by molar-refractivity contribution is 9.10. The lowest BCUT2D eigenvalue weighted by Gasteiger charge is -2.14. The van der Waals surface area contributed by atoms with Gasteiger partial charge in [-0.15, -0.1) is 0 Å². The number of carbonyl (C=O) groups is 2. The van der Waals surface area contributed by atoms with Gasteiger partial charge in [0, 0.05) is 13.2 Å². The zero-order valence-corrected chi connectivity index (χ0v) is 12.5. The van der Waals surface area contributed by atoms with E-state index in [1.807, 2.05) is 0 Å². The normalized spacial score (nSPS) is 15.7.